The molecule has 2 aromatic carbocycles. The Labute approximate surface area is 213 Å². The van der Waals surface area contributed by atoms with Gasteiger partial charge in [0.15, 0.2) is 0 Å². The van der Waals surface area contributed by atoms with Crippen LogP contribution in [0.3, 0.4) is 0 Å². The van der Waals surface area contributed by atoms with Crippen molar-refractivity contribution in [1.29, 1.82) is 0 Å². The lowest BCUT2D eigenvalue weighted by atomic mass is 10.2. The van der Waals surface area contributed by atoms with Crippen molar-refractivity contribution in [2.75, 3.05) is 38.7 Å². The molecule has 0 aliphatic heterocycles. The molecule has 192 valence electrons. The monoisotopic (exact) mass is 492 g/mol. The maximum absolute atomic E-state index is 13.6. The normalized spacial score (nSPS) is 10.6. The number of rotatable bonds is 13. The van der Waals surface area contributed by atoms with Gasteiger partial charge in [-0.2, -0.15) is 0 Å². The van der Waals surface area contributed by atoms with E-state index in [0.717, 1.165) is 11.3 Å². The highest BCUT2D eigenvalue weighted by Crippen LogP contribution is 2.18. The molecule has 0 aliphatic rings. The van der Waals surface area contributed by atoms with Crippen LogP contribution in [0.5, 0.6) is 5.75 Å². The van der Waals surface area contributed by atoms with Crippen LogP contribution in [0.25, 0.3) is 0 Å². The van der Waals surface area contributed by atoms with Gasteiger partial charge >= 0.3 is 6.03 Å². The Kier molecular flexibility index (Phi) is 10.4. The number of ether oxygens (including phenoxy) is 2. The molecule has 0 atom stereocenters. The van der Waals surface area contributed by atoms with E-state index in [4.69, 9.17) is 9.47 Å². The van der Waals surface area contributed by atoms with Crippen LogP contribution in [-0.4, -0.2) is 59.7 Å². The summed E-state index contributed by atoms with van der Waals surface area (Å²) in [6.45, 7) is 4.31. The molecule has 3 rings (SSSR count). The number of amides is 3. The van der Waals surface area contributed by atoms with Gasteiger partial charge in [0.05, 0.1) is 13.7 Å². The summed E-state index contributed by atoms with van der Waals surface area (Å²) in [5.74, 6) is 0.514. The SMILES string of the molecule is CCOCCCN(CC(=O)N(Cc1ccccc1)Cc1cccn1C)C(=O)Nc1cccc(OC)c1. The zero-order chi connectivity index (χ0) is 25.8. The first-order chi connectivity index (χ1) is 17.5. The van der Waals surface area contributed by atoms with Gasteiger partial charge in [-0.3, -0.25) is 4.79 Å². The molecule has 0 radical (unpaired) electrons. The Morgan fingerprint density at radius 3 is 2.47 bits per heavy atom. The van der Waals surface area contributed by atoms with E-state index >= 15 is 0 Å². The van der Waals surface area contributed by atoms with Crippen molar-refractivity contribution in [3.63, 3.8) is 0 Å². The fraction of sp³-hybridized carbons (Fsp3) is 0.357. The topological polar surface area (TPSA) is 76.0 Å². The van der Waals surface area contributed by atoms with Crippen molar-refractivity contribution < 1.29 is 19.1 Å². The van der Waals surface area contributed by atoms with Gasteiger partial charge in [0.25, 0.3) is 0 Å². The van der Waals surface area contributed by atoms with Crippen LogP contribution in [0.2, 0.25) is 0 Å². The predicted octanol–water partition coefficient (Wildman–Crippen LogP) is 4.52. The minimum absolute atomic E-state index is 0.0425. The third-order valence-electron chi connectivity index (χ3n) is 5.83. The number of methoxy groups -OCH3 is 1. The molecule has 8 heteroatoms. The van der Waals surface area contributed by atoms with Gasteiger partial charge in [-0.05, 0) is 43.2 Å². The molecule has 3 amide bonds. The Morgan fingerprint density at radius 1 is 0.972 bits per heavy atom. The van der Waals surface area contributed by atoms with Crippen LogP contribution in [0.15, 0.2) is 72.9 Å². The van der Waals surface area contributed by atoms with E-state index in [-0.39, 0.29) is 18.5 Å². The van der Waals surface area contributed by atoms with Crippen molar-refractivity contribution in [3.8, 4) is 5.75 Å². The van der Waals surface area contributed by atoms with Crippen LogP contribution in [-0.2, 0) is 29.7 Å². The molecule has 0 bridgehead atoms. The molecule has 1 aromatic heterocycles. The molecule has 36 heavy (non-hydrogen) atoms. The van der Waals surface area contributed by atoms with Gasteiger partial charge in [-0.15, -0.1) is 0 Å². The summed E-state index contributed by atoms with van der Waals surface area (Å²) in [6.07, 6.45) is 2.59. The Morgan fingerprint density at radius 2 is 1.78 bits per heavy atom. The molecule has 8 nitrogen and oxygen atoms in total. The van der Waals surface area contributed by atoms with E-state index in [9.17, 15) is 9.59 Å². The number of nitrogens with one attached hydrogen (secondary N) is 1. The predicted molar refractivity (Wildman–Crippen MR) is 141 cm³/mol. The lowest BCUT2D eigenvalue weighted by molar-refractivity contribution is -0.133. The standard InChI is InChI=1S/C28H36N4O4/c1-4-36-18-10-17-31(28(34)29-24-13-8-15-26(19-24)35-3)22-27(33)32(20-23-11-6-5-7-12-23)21-25-14-9-16-30(25)2/h5-9,11-16,19H,4,10,17-18,20-22H2,1-3H3,(H,29,34). The highest BCUT2D eigenvalue weighted by molar-refractivity contribution is 5.92. The molecular formula is C28H36N4O4. The maximum atomic E-state index is 13.6. The van der Waals surface area contributed by atoms with Crippen molar-refractivity contribution >= 4 is 17.6 Å². The number of hydrogen-bond donors (Lipinski definition) is 1. The van der Waals surface area contributed by atoms with E-state index < -0.39 is 0 Å². The van der Waals surface area contributed by atoms with E-state index in [2.05, 4.69) is 5.32 Å². The van der Waals surface area contributed by atoms with Crippen molar-refractivity contribution in [2.45, 2.75) is 26.4 Å². The zero-order valence-corrected chi connectivity index (χ0v) is 21.4. The number of benzene rings is 2. The Balaban J connectivity index is 1.76. The summed E-state index contributed by atoms with van der Waals surface area (Å²) >= 11 is 0. The van der Waals surface area contributed by atoms with Crippen LogP contribution < -0.4 is 10.1 Å². The average Bonchev–Trinajstić information content (AvgIpc) is 3.30. The molecule has 0 fully saturated rings. The number of aryl methyl sites for hydroxylation is 1. The fourth-order valence-corrected chi connectivity index (χ4v) is 3.81. The second-order valence-electron chi connectivity index (χ2n) is 8.48. The number of carbonyl (C=O) groups excluding carboxylic acids is 2. The minimum Gasteiger partial charge on any atom is -0.497 e. The molecule has 0 unspecified atom stereocenters. The summed E-state index contributed by atoms with van der Waals surface area (Å²) in [7, 11) is 3.54. The van der Waals surface area contributed by atoms with Crippen LogP contribution in [0.4, 0.5) is 10.5 Å². The largest absolute Gasteiger partial charge is 0.497 e. The Hall–Kier alpha value is -3.78. The number of hydrogen-bond acceptors (Lipinski definition) is 4. The van der Waals surface area contributed by atoms with Crippen LogP contribution >= 0.6 is 0 Å². The number of urea groups is 1. The van der Waals surface area contributed by atoms with Gasteiger partial charge in [0.1, 0.15) is 12.3 Å². The Bertz CT molecular complexity index is 1100. The minimum atomic E-state index is -0.341. The first-order valence-corrected chi connectivity index (χ1v) is 12.2. The third-order valence-corrected chi connectivity index (χ3v) is 5.83. The summed E-state index contributed by atoms with van der Waals surface area (Å²) < 4.78 is 12.7. The number of anilines is 1. The quantitative estimate of drug-likeness (QED) is 0.356. The number of nitrogens with zero attached hydrogens (tertiary/aromatic N) is 3. The van der Waals surface area contributed by atoms with E-state index in [1.165, 1.54) is 0 Å². The zero-order valence-electron chi connectivity index (χ0n) is 21.4. The first kappa shape index (κ1) is 26.8. The molecular weight excluding hydrogens is 456 g/mol. The molecule has 0 aliphatic carbocycles. The second-order valence-corrected chi connectivity index (χ2v) is 8.48. The van der Waals surface area contributed by atoms with Crippen LogP contribution in [0.1, 0.15) is 24.6 Å². The average molecular weight is 493 g/mol. The van der Waals surface area contributed by atoms with Crippen molar-refractivity contribution in [2.24, 2.45) is 7.05 Å². The molecule has 1 heterocycles. The summed E-state index contributed by atoms with van der Waals surface area (Å²) in [4.78, 5) is 30.1. The second kappa shape index (κ2) is 13.9. The summed E-state index contributed by atoms with van der Waals surface area (Å²) in [6, 6.07) is 20.6. The maximum Gasteiger partial charge on any atom is 0.322 e. The van der Waals surface area contributed by atoms with Crippen LogP contribution in [0, 0.1) is 0 Å². The first-order valence-electron chi connectivity index (χ1n) is 12.2. The lowest BCUT2D eigenvalue weighted by Gasteiger charge is -2.28. The smallest absolute Gasteiger partial charge is 0.322 e. The molecule has 0 saturated carbocycles. The number of carbonyl (C=O) groups is 2. The third kappa shape index (κ3) is 8.16. The fourth-order valence-electron chi connectivity index (χ4n) is 3.81. The highest BCUT2D eigenvalue weighted by atomic mass is 16.5. The molecule has 3 aromatic rings. The summed E-state index contributed by atoms with van der Waals surface area (Å²) in [5, 5.41) is 2.90. The molecule has 0 saturated heterocycles. The van der Waals surface area contributed by atoms with Crippen molar-refractivity contribution in [3.05, 3.63) is 84.2 Å². The highest BCUT2D eigenvalue weighted by Gasteiger charge is 2.22. The van der Waals surface area contributed by atoms with E-state index in [1.54, 1.807) is 35.1 Å². The van der Waals surface area contributed by atoms with Gasteiger partial charge in [-0.1, -0.05) is 36.4 Å². The number of aromatic nitrogens is 1. The van der Waals surface area contributed by atoms with Crippen molar-refractivity contribution in [1.82, 2.24) is 14.4 Å². The summed E-state index contributed by atoms with van der Waals surface area (Å²) in [5.41, 5.74) is 2.65. The molecule has 0 spiro atoms. The van der Waals surface area contributed by atoms with E-state index in [0.29, 0.717) is 50.7 Å². The van der Waals surface area contributed by atoms with Gasteiger partial charge in [-0.25, -0.2) is 4.79 Å². The van der Waals surface area contributed by atoms with Gasteiger partial charge < -0.3 is 29.2 Å². The van der Waals surface area contributed by atoms with Gasteiger partial charge in [0.2, 0.25) is 5.91 Å². The van der Waals surface area contributed by atoms with Gasteiger partial charge in [0, 0.05) is 57.0 Å². The van der Waals surface area contributed by atoms with E-state index in [1.807, 2.05) is 73.3 Å². The molecule has 1 N–H and O–H groups in total. The lowest BCUT2D eigenvalue weighted by Crippen LogP contribution is -2.44.